The third-order valence-electron chi connectivity index (χ3n) is 5.60. The van der Waals surface area contributed by atoms with E-state index in [-0.39, 0.29) is 23.4 Å². The average Bonchev–Trinajstić information content (AvgIpc) is 3.40. The van der Waals surface area contributed by atoms with E-state index in [0.717, 1.165) is 21.7 Å². The van der Waals surface area contributed by atoms with Gasteiger partial charge in [-0.25, -0.2) is 5.01 Å². The van der Waals surface area contributed by atoms with E-state index < -0.39 is 0 Å². The number of ether oxygens (including phenoxy) is 2. The highest BCUT2D eigenvalue weighted by Crippen LogP contribution is 2.39. The number of allylic oxidation sites excluding steroid dienone is 1. The molecule has 0 radical (unpaired) electrons. The van der Waals surface area contributed by atoms with E-state index in [0.29, 0.717) is 34.3 Å². The summed E-state index contributed by atoms with van der Waals surface area (Å²) in [5, 5.41) is 28.3. The molecule has 1 atom stereocenters. The molecule has 0 unspecified atom stereocenters. The number of aryl methyl sites for hydroxylation is 1. The molecule has 0 aliphatic carbocycles. The van der Waals surface area contributed by atoms with Crippen LogP contribution in [0.2, 0.25) is 0 Å². The summed E-state index contributed by atoms with van der Waals surface area (Å²) in [5.74, 6) is 1.37. The Morgan fingerprint density at radius 3 is 2.73 bits per heavy atom. The minimum atomic E-state index is -0.377. The van der Waals surface area contributed by atoms with E-state index in [1.165, 1.54) is 17.4 Å². The molecular weight excluding hydrogens is 442 g/mol. The Bertz CT molecular complexity index is 1320. The van der Waals surface area contributed by atoms with Crippen LogP contribution >= 0.6 is 11.3 Å². The molecule has 10 heteroatoms. The van der Waals surface area contributed by atoms with E-state index in [9.17, 15) is 10.1 Å². The summed E-state index contributed by atoms with van der Waals surface area (Å²) in [5.41, 5.74) is 4.06. The Balaban J connectivity index is 1.69. The second-order valence-corrected chi connectivity index (χ2v) is 8.88. The van der Waals surface area contributed by atoms with E-state index in [1.807, 2.05) is 36.2 Å². The number of hydrazone groups is 1. The van der Waals surface area contributed by atoms with Crippen molar-refractivity contribution >= 4 is 33.9 Å². The van der Waals surface area contributed by atoms with Crippen molar-refractivity contribution in [1.82, 2.24) is 10.2 Å². The summed E-state index contributed by atoms with van der Waals surface area (Å²) in [6.07, 6.45) is 4.52. The van der Waals surface area contributed by atoms with Crippen LogP contribution in [0.5, 0.6) is 11.5 Å². The molecule has 2 aliphatic heterocycles. The topological polar surface area (TPSA) is 103 Å². The fraction of sp³-hybridized carbons (Fsp3) is 0.261. The summed E-state index contributed by atoms with van der Waals surface area (Å²) >= 11 is 1.46. The largest absolute Gasteiger partial charge is 0.454 e. The fourth-order valence-electron chi connectivity index (χ4n) is 4.02. The Morgan fingerprint density at radius 1 is 1.21 bits per heavy atom. The second kappa shape index (κ2) is 8.28. The van der Waals surface area contributed by atoms with Crippen LogP contribution in [-0.4, -0.2) is 33.7 Å². The highest BCUT2D eigenvalue weighted by atomic mass is 32.1. The van der Waals surface area contributed by atoms with Crippen LogP contribution < -0.4 is 14.5 Å². The smallest absolute Gasteiger partial charge is 0.272 e. The molecule has 0 bridgehead atoms. The number of fused-ring (bicyclic) bond motifs is 2. The zero-order valence-electron chi connectivity index (χ0n) is 18.3. The van der Waals surface area contributed by atoms with Gasteiger partial charge in [-0.1, -0.05) is 17.4 Å². The van der Waals surface area contributed by atoms with Crippen molar-refractivity contribution in [3.63, 3.8) is 0 Å². The third-order valence-corrected chi connectivity index (χ3v) is 6.47. The van der Waals surface area contributed by atoms with Gasteiger partial charge >= 0.3 is 0 Å². The first kappa shape index (κ1) is 21.1. The molecule has 2 aliphatic rings. The molecule has 0 amide bonds. The molecule has 0 spiro atoms. The molecule has 2 aromatic carbocycles. The first-order valence-electron chi connectivity index (χ1n) is 10.5. The van der Waals surface area contributed by atoms with Gasteiger partial charge in [-0.15, -0.1) is 10.2 Å². The summed E-state index contributed by atoms with van der Waals surface area (Å²) in [7, 11) is 0. The Labute approximate surface area is 194 Å². The minimum absolute atomic E-state index is 0.00725. The summed E-state index contributed by atoms with van der Waals surface area (Å²) in [6.45, 7) is 5.93. The molecule has 3 aromatic rings. The van der Waals surface area contributed by atoms with E-state index in [2.05, 4.69) is 17.1 Å². The van der Waals surface area contributed by atoms with Crippen LogP contribution in [0, 0.1) is 17.0 Å². The maximum absolute atomic E-state index is 11.3. The quantitative estimate of drug-likeness (QED) is 0.407. The maximum Gasteiger partial charge on any atom is 0.272 e. The molecule has 0 saturated heterocycles. The third kappa shape index (κ3) is 3.82. The summed E-state index contributed by atoms with van der Waals surface area (Å²) in [6, 6.07) is 8.98. The van der Waals surface area contributed by atoms with Crippen molar-refractivity contribution in [3.05, 3.63) is 73.8 Å². The van der Waals surface area contributed by atoms with Gasteiger partial charge in [0.25, 0.3) is 5.69 Å². The number of rotatable bonds is 4. The second-order valence-electron chi connectivity index (χ2n) is 7.89. The minimum Gasteiger partial charge on any atom is -0.454 e. The van der Waals surface area contributed by atoms with Crippen LogP contribution in [-0.2, 0) is 6.42 Å². The van der Waals surface area contributed by atoms with Gasteiger partial charge in [-0.3, -0.25) is 10.1 Å². The number of nitrogens with zero attached hydrogens (tertiary/aromatic N) is 5. The van der Waals surface area contributed by atoms with Crippen LogP contribution in [0.1, 0.15) is 41.1 Å². The SMILES string of the molecule is C/C=C/c1nnc(N2N=C(c3ccc([N+](=O)[O-])c(C)c3)c3cc4c(cc3C[C@H]2C)OCO4)s1. The molecule has 9 nitrogen and oxygen atoms in total. The molecule has 5 rings (SSSR count). The number of nitro groups is 1. The Kier molecular flexibility index (Phi) is 5.29. The number of nitro benzene ring substituents is 1. The van der Waals surface area contributed by atoms with Crippen LogP contribution in [0.4, 0.5) is 10.8 Å². The van der Waals surface area contributed by atoms with Gasteiger partial charge in [0.1, 0.15) is 5.01 Å². The van der Waals surface area contributed by atoms with Gasteiger partial charge in [0, 0.05) is 22.8 Å². The molecule has 0 saturated carbocycles. The monoisotopic (exact) mass is 463 g/mol. The lowest BCUT2D eigenvalue weighted by Gasteiger charge is -2.21. The fourth-order valence-corrected chi connectivity index (χ4v) is 4.89. The first-order chi connectivity index (χ1) is 15.9. The number of aromatic nitrogens is 2. The van der Waals surface area contributed by atoms with Gasteiger partial charge < -0.3 is 9.47 Å². The lowest BCUT2D eigenvalue weighted by molar-refractivity contribution is -0.385. The van der Waals surface area contributed by atoms with Crippen molar-refractivity contribution in [2.75, 3.05) is 11.8 Å². The van der Waals surface area contributed by atoms with Crippen molar-refractivity contribution in [3.8, 4) is 11.5 Å². The molecule has 3 heterocycles. The zero-order valence-corrected chi connectivity index (χ0v) is 19.1. The number of anilines is 1. The number of hydrogen-bond donors (Lipinski definition) is 0. The normalized spacial score (nSPS) is 17.1. The van der Waals surface area contributed by atoms with Crippen molar-refractivity contribution < 1.29 is 14.4 Å². The molecule has 168 valence electrons. The lowest BCUT2D eigenvalue weighted by Crippen LogP contribution is -2.29. The van der Waals surface area contributed by atoms with Crippen molar-refractivity contribution in [2.45, 2.75) is 33.2 Å². The van der Waals surface area contributed by atoms with Crippen molar-refractivity contribution in [2.24, 2.45) is 5.10 Å². The van der Waals surface area contributed by atoms with Crippen LogP contribution in [0.15, 0.2) is 41.5 Å². The molecule has 33 heavy (non-hydrogen) atoms. The summed E-state index contributed by atoms with van der Waals surface area (Å²) in [4.78, 5) is 11.0. The van der Waals surface area contributed by atoms with E-state index >= 15 is 0 Å². The lowest BCUT2D eigenvalue weighted by atomic mass is 9.93. The van der Waals surface area contributed by atoms with Crippen molar-refractivity contribution in [1.29, 1.82) is 0 Å². The molecule has 0 N–H and O–H groups in total. The van der Waals surface area contributed by atoms with Crippen LogP contribution in [0.3, 0.4) is 0 Å². The van der Waals surface area contributed by atoms with Crippen LogP contribution in [0.25, 0.3) is 6.08 Å². The molecule has 1 aromatic heterocycles. The van der Waals surface area contributed by atoms with Gasteiger partial charge in [0.05, 0.1) is 16.7 Å². The summed E-state index contributed by atoms with van der Waals surface area (Å²) < 4.78 is 11.2. The molecule has 0 fully saturated rings. The van der Waals surface area contributed by atoms with E-state index in [1.54, 1.807) is 19.1 Å². The number of benzene rings is 2. The van der Waals surface area contributed by atoms with Gasteiger partial charge in [0.2, 0.25) is 11.9 Å². The number of hydrogen-bond acceptors (Lipinski definition) is 9. The zero-order chi connectivity index (χ0) is 23.1. The highest BCUT2D eigenvalue weighted by molar-refractivity contribution is 7.16. The standard InChI is InChI=1S/C23H21N5O4S/c1-4-5-21-24-25-23(33-21)27-14(3)9-16-10-19-20(32-12-31-19)11-17(16)22(26-27)15-6-7-18(28(29)30)13(2)8-15/h4-8,10-11,14H,9,12H2,1-3H3/b5-4+/t14-/m1/s1. The predicted molar refractivity (Wildman–Crippen MR) is 126 cm³/mol. The highest BCUT2D eigenvalue weighted by Gasteiger charge is 2.29. The van der Waals surface area contributed by atoms with E-state index in [4.69, 9.17) is 14.6 Å². The Morgan fingerprint density at radius 2 is 2.00 bits per heavy atom. The molecular formula is C23H21N5O4S. The first-order valence-corrected chi connectivity index (χ1v) is 11.3. The predicted octanol–water partition coefficient (Wildman–Crippen LogP) is 4.72. The van der Waals surface area contributed by atoms with Gasteiger partial charge in [-0.05, 0) is 63.1 Å². The Hall–Kier alpha value is -3.79. The maximum atomic E-state index is 11.3. The average molecular weight is 464 g/mol. The van der Waals surface area contributed by atoms with Gasteiger partial charge in [0.15, 0.2) is 11.5 Å². The van der Waals surface area contributed by atoms with Gasteiger partial charge in [-0.2, -0.15) is 5.10 Å².